The molecule has 28 heavy (non-hydrogen) atoms. The van der Waals surface area contributed by atoms with Gasteiger partial charge in [-0.2, -0.15) is 0 Å². The molecule has 7 heteroatoms. The largest absolute Gasteiger partial charge is 0.467 e. The van der Waals surface area contributed by atoms with Crippen molar-refractivity contribution < 1.29 is 18.4 Å². The third-order valence-corrected chi connectivity index (χ3v) is 5.69. The lowest BCUT2D eigenvalue weighted by Gasteiger charge is -2.23. The first-order valence-electron chi connectivity index (χ1n) is 8.70. The average molecular weight is 396 g/mol. The second-order valence-electron chi connectivity index (χ2n) is 6.35. The Balaban J connectivity index is 1.46. The number of anilines is 1. The van der Waals surface area contributed by atoms with E-state index in [1.54, 1.807) is 41.1 Å². The highest BCUT2D eigenvalue weighted by atomic mass is 32.2. The number of rotatable bonds is 5. The number of hydrogen-bond acceptors (Lipinski definition) is 4. The van der Waals surface area contributed by atoms with E-state index in [4.69, 9.17) is 4.42 Å². The predicted octanol–water partition coefficient (Wildman–Crippen LogP) is 4.45. The Morgan fingerprint density at radius 1 is 1.14 bits per heavy atom. The van der Waals surface area contributed by atoms with Crippen molar-refractivity contribution in [1.29, 1.82) is 0 Å². The molecular weight excluding hydrogens is 379 g/mol. The fourth-order valence-electron chi connectivity index (χ4n) is 3.01. The van der Waals surface area contributed by atoms with Crippen LogP contribution in [0.15, 0.2) is 71.3 Å². The number of nitrogens with zero attached hydrogens (tertiary/aromatic N) is 1. The molecule has 5 nitrogen and oxygen atoms in total. The van der Waals surface area contributed by atoms with Gasteiger partial charge in [0.25, 0.3) is 5.91 Å². The molecule has 1 N–H and O–H groups in total. The summed E-state index contributed by atoms with van der Waals surface area (Å²) in [6, 6.07) is 16.4. The van der Waals surface area contributed by atoms with Crippen molar-refractivity contribution in [3.05, 3.63) is 89.6 Å². The van der Waals surface area contributed by atoms with Gasteiger partial charge in [-0.05, 0) is 54.1 Å². The van der Waals surface area contributed by atoms with Gasteiger partial charge in [0.15, 0.2) is 0 Å². The summed E-state index contributed by atoms with van der Waals surface area (Å²) in [4.78, 5) is 26.4. The fourth-order valence-corrected chi connectivity index (χ4v) is 4.20. The summed E-state index contributed by atoms with van der Waals surface area (Å²) in [5.41, 5.74) is 1.96. The molecule has 0 unspecified atom stereocenters. The zero-order valence-electron chi connectivity index (χ0n) is 14.8. The molecule has 2 heterocycles. The maximum Gasteiger partial charge on any atom is 0.255 e. The van der Waals surface area contributed by atoms with E-state index in [-0.39, 0.29) is 23.0 Å². The van der Waals surface area contributed by atoms with E-state index >= 15 is 0 Å². The molecule has 0 spiro atoms. The minimum atomic E-state index is -0.356. The van der Waals surface area contributed by atoms with E-state index in [9.17, 15) is 14.0 Å². The Bertz CT molecular complexity index is 972. The third-order valence-electron chi connectivity index (χ3n) is 4.43. The Morgan fingerprint density at radius 3 is 2.57 bits per heavy atom. The average Bonchev–Trinajstić information content (AvgIpc) is 3.35. The maximum atomic E-state index is 13.0. The summed E-state index contributed by atoms with van der Waals surface area (Å²) in [7, 11) is 0. The van der Waals surface area contributed by atoms with Crippen molar-refractivity contribution >= 4 is 29.3 Å². The number of benzene rings is 2. The van der Waals surface area contributed by atoms with Gasteiger partial charge in [-0.15, -0.1) is 11.8 Å². The Hall–Kier alpha value is -3.06. The first-order valence-corrected chi connectivity index (χ1v) is 9.75. The molecule has 3 aromatic rings. The number of nitrogens with one attached hydrogen (secondary N) is 1. The van der Waals surface area contributed by atoms with Crippen molar-refractivity contribution in [2.75, 3.05) is 11.1 Å². The normalized spacial score (nSPS) is 16.4. The highest BCUT2D eigenvalue weighted by molar-refractivity contribution is 8.00. The summed E-state index contributed by atoms with van der Waals surface area (Å²) in [6.45, 7) is 0.413. The molecule has 142 valence electrons. The topological polar surface area (TPSA) is 62.6 Å². The van der Waals surface area contributed by atoms with Crippen LogP contribution in [0, 0.1) is 5.82 Å². The highest BCUT2D eigenvalue weighted by Gasteiger charge is 2.33. The summed E-state index contributed by atoms with van der Waals surface area (Å²) in [6.07, 6.45) is 1.59. The zero-order chi connectivity index (χ0) is 19.5. The molecule has 1 aliphatic rings. The van der Waals surface area contributed by atoms with Crippen molar-refractivity contribution in [2.24, 2.45) is 0 Å². The Kier molecular flexibility index (Phi) is 5.16. The molecule has 2 amide bonds. The van der Waals surface area contributed by atoms with Crippen LogP contribution in [0.5, 0.6) is 0 Å². The molecule has 1 fully saturated rings. The van der Waals surface area contributed by atoms with Gasteiger partial charge < -0.3 is 14.6 Å². The number of halogens is 1. The van der Waals surface area contributed by atoms with Crippen LogP contribution in [0.1, 0.15) is 27.1 Å². The molecule has 0 radical (unpaired) electrons. The highest BCUT2D eigenvalue weighted by Crippen LogP contribution is 2.39. The lowest BCUT2D eigenvalue weighted by molar-refractivity contribution is -0.128. The van der Waals surface area contributed by atoms with Gasteiger partial charge in [0.2, 0.25) is 5.91 Å². The summed E-state index contributed by atoms with van der Waals surface area (Å²) in [5.74, 6) is 0.574. The number of furan rings is 1. The second kappa shape index (κ2) is 7.90. The Labute approximate surface area is 165 Å². The van der Waals surface area contributed by atoms with Gasteiger partial charge in [-0.25, -0.2) is 4.39 Å². The molecule has 0 saturated carbocycles. The summed E-state index contributed by atoms with van der Waals surface area (Å²) in [5, 5.41) is 2.61. The molecular formula is C21H17FN2O3S. The molecule has 1 aliphatic heterocycles. The smallest absolute Gasteiger partial charge is 0.255 e. The van der Waals surface area contributed by atoms with Crippen LogP contribution in [0.25, 0.3) is 0 Å². The molecule has 0 bridgehead atoms. The quantitative estimate of drug-likeness (QED) is 0.692. The monoisotopic (exact) mass is 396 g/mol. The first-order chi connectivity index (χ1) is 13.6. The molecule has 1 saturated heterocycles. The molecule has 4 rings (SSSR count). The minimum absolute atomic E-state index is 0.0597. The van der Waals surface area contributed by atoms with E-state index in [0.717, 1.165) is 11.3 Å². The van der Waals surface area contributed by atoms with Gasteiger partial charge in [-0.1, -0.05) is 12.1 Å². The summed E-state index contributed by atoms with van der Waals surface area (Å²) >= 11 is 1.55. The molecule has 1 aromatic heterocycles. The lowest BCUT2D eigenvalue weighted by Crippen LogP contribution is -2.27. The van der Waals surface area contributed by atoms with Crippen molar-refractivity contribution in [3.8, 4) is 0 Å². The number of thioether (sulfide) groups is 1. The molecule has 1 atom stereocenters. The van der Waals surface area contributed by atoms with Gasteiger partial charge in [0, 0.05) is 11.3 Å². The zero-order valence-corrected chi connectivity index (χ0v) is 15.6. The van der Waals surface area contributed by atoms with Gasteiger partial charge in [0.05, 0.1) is 18.6 Å². The number of amides is 2. The molecule has 0 aliphatic carbocycles. The van der Waals surface area contributed by atoms with Crippen LogP contribution in [-0.4, -0.2) is 22.5 Å². The van der Waals surface area contributed by atoms with Crippen LogP contribution >= 0.6 is 11.8 Å². The summed E-state index contributed by atoms with van der Waals surface area (Å²) < 4.78 is 18.3. The molecule has 2 aromatic carbocycles. The van der Waals surface area contributed by atoms with Crippen LogP contribution in [-0.2, 0) is 11.3 Å². The van der Waals surface area contributed by atoms with Crippen LogP contribution in [0.3, 0.4) is 0 Å². The lowest BCUT2D eigenvalue weighted by atomic mass is 10.1. The van der Waals surface area contributed by atoms with Gasteiger partial charge in [-0.3, -0.25) is 9.59 Å². The second-order valence-corrected chi connectivity index (χ2v) is 7.42. The Morgan fingerprint density at radius 2 is 1.89 bits per heavy atom. The van der Waals surface area contributed by atoms with E-state index in [1.807, 2.05) is 18.2 Å². The fraction of sp³-hybridized carbons (Fsp3) is 0.143. The maximum absolute atomic E-state index is 13.0. The van der Waals surface area contributed by atoms with Crippen molar-refractivity contribution in [2.45, 2.75) is 11.9 Å². The third kappa shape index (κ3) is 3.94. The van der Waals surface area contributed by atoms with Crippen molar-refractivity contribution in [3.63, 3.8) is 0 Å². The minimum Gasteiger partial charge on any atom is -0.467 e. The first kappa shape index (κ1) is 18.3. The SMILES string of the molecule is O=C(Nc1ccc(F)cc1)c1ccc([C@@H]2SCC(=O)N2Cc2ccco2)cc1. The van der Waals surface area contributed by atoms with Gasteiger partial charge in [0.1, 0.15) is 17.0 Å². The van der Waals surface area contributed by atoms with E-state index < -0.39 is 0 Å². The van der Waals surface area contributed by atoms with Crippen LogP contribution in [0.4, 0.5) is 10.1 Å². The predicted molar refractivity (Wildman–Crippen MR) is 105 cm³/mol. The van der Waals surface area contributed by atoms with Crippen LogP contribution in [0.2, 0.25) is 0 Å². The number of carbonyl (C=O) groups excluding carboxylic acids is 2. The van der Waals surface area contributed by atoms with Crippen molar-refractivity contribution in [1.82, 2.24) is 4.90 Å². The van der Waals surface area contributed by atoms with E-state index in [2.05, 4.69) is 5.32 Å². The van der Waals surface area contributed by atoms with Gasteiger partial charge >= 0.3 is 0 Å². The van der Waals surface area contributed by atoms with Crippen LogP contribution < -0.4 is 5.32 Å². The standard InChI is InChI=1S/C21H17FN2O3S/c22-16-7-9-17(10-8-16)23-20(26)14-3-5-15(6-4-14)21-24(19(25)13-28-21)12-18-2-1-11-27-18/h1-11,21H,12-13H2,(H,23,26)/t21-/m0/s1. The number of hydrogen-bond donors (Lipinski definition) is 1. The number of carbonyl (C=O) groups is 2. The van der Waals surface area contributed by atoms with E-state index in [0.29, 0.717) is 23.5 Å². The van der Waals surface area contributed by atoms with E-state index in [1.165, 1.54) is 24.3 Å².